The number of nitrogens with one attached hydrogen (secondary N) is 1. The smallest absolute Gasteiger partial charge is 0.240 e. The van der Waals surface area contributed by atoms with Crippen molar-refractivity contribution in [2.45, 2.75) is 38.9 Å². The molecule has 2 aliphatic heterocycles. The van der Waals surface area contributed by atoms with E-state index in [1.165, 1.54) is 17.5 Å². The lowest BCUT2D eigenvalue weighted by Crippen LogP contribution is -2.51. The van der Waals surface area contributed by atoms with Crippen LogP contribution < -0.4 is 5.32 Å². The third-order valence-corrected chi connectivity index (χ3v) is 4.19. The second kappa shape index (κ2) is 4.73. The molecule has 2 aliphatic rings. The van der Waals surface area contributed by atoms with Crippen LogP contribution in [0.1, 0.15) is 30.9 Å². The van der Waals surface area contributed by atoms with E-state index in [-0.39, 0.29) is 11.9 Å². The second-order valence-corrected chi connectivity index (χ2v) is 5.51. The molecule has 2 atom stereocenters. The first-order chi connectivity index (χ1) is 8.75. The van der Waals surface area contributed by atoms with Crippen molar-refractivity contribution in [1.82, 2.24) is 10.2 Å². The third kappa shape index (κ3) is 2.03. The van der Waals surface area contributed by atoms with Gasteiger partial charge in [-0.25, -0.2) is 0 Å². The number of nitrogens with zero attached hydrogens (tertiary/aromatic N) is 1. The summed E-state index contributed by atoms with van der Waals surface area (Å²) in [5.74, 6) is 0.730. The highest BCUT2D eigenvalue weighted by molar-refractivity contribution is 5.83. The van der Waals surface area contributed by atoms with Crippen molar-refractivity contribution in [2.24, 2.45) is 5.92 Å². The Hall–Kier alpha value is -1.35. The van der Waals surface area contributed by atoms with E-state index in [0.717, 1.165) is 26.1 Å². The van der Waals surface area contributed by atoms with Crippen molar-refractivity contribution in [2.75, 3.05) is 6.54 Å². The van der Waals surface area contributed by atoms with Crippen molar-refractivity contribution in [3.63, 3.8) is 0 Å². The molecule has 1 amide bonds. The molecule has 0 saturated carbocycles. The van der Waals surface area contributed by atoms with Gasteiger partial charge in [-0.1, -0.05) is 31.2 Å². The number of benzene rings is 1. The van der Waals surface area contributed by atoms with E-state index in [1.807, 2.05) is 17.0 Å². The van der Waals surface area contributed by atoms with Crippen LogP contribution in [0.2, 0.25) is 0 Å². The van der Waals surface area contributed by atoms with E-state index in [4.69, 9.17) is 0 Å². The Balaban J connectivity index is 1.72. The Bertz CT molecular complexity index is 433. The van der Waals surface area contributed by atoms with Crippen molar-refractivity contribution < 1.29 is 4.79 Å². The predicted molar refractivity (Wildman–Crippen MR) is 70.9 cm³/mol. The van der Waals surface area contributed by atoms with Gasteiger partial charge in [-0.05, 0) is 36.4 Å². The maximum Gasteiger partial charge on any atom is 0.240 e. The summed E-state index contributed by atoms with van der Waals surface area (Å²) in [4.78, 5) is 14.5. The minimum atomic E-state index is 0.0214. The number of fused-ring (bicyclic) bond motifs is 1. The largest absolute Gasteiger partial charge is 0.333 e. The SMILES string of the molecule is CC1CCCNC1C(=O)N1Cc2ccccc2C1. The molecular formula is C15H20N2O. The molecule has 0 bridgehead atoms. The van der Waals surface area contributed by atoms with Crippen LogP contribution in [0, 0.1) is 5.92 Å². The standard InChI is InChI=1S/C15H20N2O/c1-11-5-4-8-16-14(11)15(18)17-9-12-6-2-3-7-13(12)10-17/h2-3,6-7,11,14,16H,4-5,8-10H2,1H3. The monoisotopic (exact) mass is 244 g/mol. The molecule has 3 heteroatoms. The normalized spacial score (nSPS) is 27.1. The molecule has 0 aromatic heterocycles. The molecule has 2 heterocycles. The third-order valence-electron chi connectivity index (χ3n) is 4.19. The molecule has 2 unspecified atom stereocenters. The van der Waals surface area contributed by atoms with Crippen molar-refractivity contribution >= 4 is 5.91 Å². The van der Waals surface area contributed by atoms with Gasteiger partial charge >= 0.3 is 0 Å². The van der Waals surface area contributed by atoms with Crippen LogP contribution >= 0.6 is 0 Å². The van der Waals surface area contributed by atoms with E-state index >= 15 is 0 Å². The number of rotatable bonds is 1. The fourth-order valence-corrected chi connectivity index (χ4v) is 3.07. The van der Waals surface area contributed by atoms with Crippen LogP contribution in [0.5, 0.6) is 0 Å². The van der Waals surface area contributed by atoms with Gasteiger partial charge in [0.15, 0.2) is 0 Å². The number of hydrogen-bond donors (Lipinski definition) is 1. The van der Waals surface area contributed by atoms with E-state index in [1.54, 1.807) is 0 Å². The maximum absolute atomic E-state index is 12.5. The first-order valence-corrected chi connectivity index (χ1v) is 6.84. The highest BCUT2D eigenvalue weighted by Crippen LogP contribution is 2.25. The molecule has 3 nitrogen and oxygen atoms in total. The Morgan fingerprint density at radius 1 is 1.28 bits per heavy atom. The zero-order valence-corrected chi connectivity index (χ0v) is 10.9. The summed E-state index contributed by atoms with van der Waals surface area (Å²) >= 11 is 0. The molecule has 1 fully saturated rings. The van der Waals surface area contributed by atoms with Gasteiger partial charge < -0.3 is 10.2 Å². The quantitative estimate of drug-likeness (QED) is 0.818. The number of carbonyl (C=O) groups is 1. The number of piperidine rings is 1. The van der Waals surface area contributed by atoms with E-state index in [0.29, 0.717) is 5.92 Å². The molecule has 0 aliphatic carbocycles. The predicted octanol–water partition coefficient (Wildman–Crippen LogP) is 1.92. The molecule has 3 rings (SSSR count). The molecule has 1 aromatic rings. The minimum Gasteiger partial charge on any atom is -0.333 e. The lowest BCUT2D eigenvalue weighted by molar-refractivity contribution is -0.135. The first kappa shape index (κ1) is 11.7. The Kier molecular flexibility index (Phi) is 3.08. The van der Waals surface area contributed by atoms with Gasteiger partial charge in [0.2, 0.25) is 5.91 Å². The zero-order chi connectivity index (χ0) is 12.5. The minimum absolute atomic E-state index is 0.0214. The summed E-state index contributed by atoms with van der Waals surface area (Å²) in [5, 5.41) is 3.38. The average Bonchev–Trinajstić information content (AvgIpc) is 2.82. The van der Waals surface area contributed by atoms with Gasteiger partial charge in [-0.3, -0.25) is 4.79 Å². The topological polar surface area (TPSA) is 32.3 Å². The Morgan fingerprint density at radius 2 is 1.94 bits per heavy atom. The number of carbonyl (C=O) groups excluding carboxylic acids is 1. The highest BCUT2D eigenvalue weighted by atomic mass is 16.2. The summed E-state index contributed by atoms with van der Waals surface area (Å²) in [6.45, 7) is 4.71. The van der Waals surface area contributed by atoms with Gasteiger partial charge in [0.25, 0.3) is 0 Å². The van der Waals surface area contributed by atoms with E-state index < -0.39 is 0 Å². The summed E-state index contributed by atoms with van der Waals surface area (Å²) in [7, 11) is 0. The van der Waals surface area contributed by atoms with Crippen LogP contribution in [0.15, 0.2) is 24.3 Å². The van der Waals surface area contributed by atoms with Crippen molar-refractivity contribution in [3.8, 4) is 0 Å². The van der Waals surface area contributed by atoms with Gasteiger partial charge in [0, 0.05) is 13.1 Å². The van der Waals surface area contributed by atoms with Crippen molar-refractivity contribution in [3.05, 3.63) is 35.4 Å². The molecule has 1 aromatic carbocycles. The second-order valence-electron chi connectivity index (χ2n) is 5.51. The molecule has 1 N–H and O–H groups in total. The molecular weight excluding hydrogens is 224 g/mol. The van der Waals surface area contributed by atoms with E-state index in [2.05, 4.69) is 24.4 Å². The number of hydrogen-bond acceptors (Lipinski definition) is 2. The summed E-state index contributed by atoms with van der Waals surface area (Å²) in [6.07, 6.45) is 2.34. The molecule has 18 heavy (non-hydrogen) atoms. The molecule has 1 saturated heterocycles. The lowest BCUT2D eigenvalue weighted by Gasteiger charge is -2.32. The summed E-state index contributed by atoms with van der Waals surface area (Å²) in [5.41, 5.74) is 2.60. The average molecular weight is 244 g/mol. The van der Waals surface area contributed by atoms with Crippen LogP contribution in [-0.2, 0) is 17.9 Å². The highest BCUT2D eigenvalue weighted by Gasteiger charge is 2.33. The zero-order valence-electron chi connectivity index (χ0n) is 10.9. The number of amides is 1. The first-order valence-electron chi connectivity index (χ1n) is 6.84. The summed E-state index contributed by atoms with van der Waals surface area (Å²) < 4.78 is 0. The lowest BCUT2D eigenvalue weighted by atomic mass is 9.92. The van der Waals surface area contributed by atoms with Gasteiger partial charge in [-0.2, -0.15) is 0 Å². The van der Waals surface area contributed by atoms with Crippen LogP contribution in [0.25, 0.3) is 0 Å². The fourth-order valence-electron chi connectivity index (χ4n) is 3.07. The maximum atomic E-state index is 12.5. The van der Waals surface area contributed by atoms with E-state index in [9.17, 15) is 4.79 Å². The van der Waals surface area contributed by atoms with Crippen molar-refractivity contribution in [1.29, 1.82) is 0 Å². The van der Waals surface area contributed by atoms with Crippen LogP contribution in [0.3, 0.4) is 0 Å². The fraction of sp³-hybridized carbons (Fsp3) is 0.533. The molecule has 96 valence electrons. The van der Waals surface area contributed by atoms with Gasteiger partial charge in [0.1, 0.15) is 0 Å². The van der Waals surface area contributed by atoms with Crippen LogP contribution in [0.4, 0.5) is 0 Å². The van der Waals surface area contributed by atoms with Crippen LogP contribution in [-0.4, -0.2) is 23.4 Å². The van der Waals surface area contributed by atoms with Gasteiger partial charge in [-0.15, -0.1) is 0 Å². The Morgan fingerprint density at radius 3 is 2.56 bits per heavy atom. The van der Waals surface area contributed by atoms with Gasteiger partial charge in [0.05, 0.1) is 6.04 Å². The molecule has 0 spiro atoms. The summed E-state index contributed by atoms with van der Waals surface area (Å²) in [6, 6.07) is 8.37. The molecule has 0 radical (unpaired) electrons. The Labute approximate surface area is 108 Å².